The highest BCUT2D eigenvalue weighted by Gasteiger charge is 2.38. The second-order valence-corrected chi connectivity index (χ2v) is 5.59. The van der Waals surface area contributed by atoms with E-state index in [4.69, 9.17) is 0 Å². The molecule has 2 N–H and O–H groups in total. The Kier molecular flexibility index (Phi) is 3.88. The van der Waals surface area contributed by atoms with Crippen molar-refractivity contribution in [2.24, 2.45) is 0 Å². The van der Waals surface area contributed by atoms with Crippen molar-refractivity contribution in [3.8, 4) is 0 Å². The first kappa shape index (κ1) is 14.0. The summed E-state index contributed by atoms with van der Waals surface area (Å²) in [5.41, 5.74) is 0.193. The number of benzene rings is 1. The van der Waals surface area contributed by atoms with Gasteiger partial charge in [-0.1, -0.05) is 12.1 Å². The Morgan fingerprint density at radius 3 is 2.90 bits per heavy atom. The number of amides is 2. The second-order valence-electron chi connectivity index (χ2n) is 5.59. The van der Waals surface area contributed by atoms with Crippen LogP contribution in [0.5, 0.6) is 0 Å². The van der Waals surface area contributed by atoms with Gasteiger partial charge < -0.3 is 10.6 Å². The Morgan fingerprint density at radius 1 is 1.33 bits per heavy atom. The fourth-order valence-corrected chi connectivity index (χ4v) is 3.15. The van der Waals surface area contributed by atoms with E-state index in [0.29, 0.717) is 13.0 Å². The molecule has 2 aliphatic rings. The molecule has 5 nitrogen and oxygen atoms in total. The minimum absolute atomic E-state index is 0.0433. The van der Waals surface area contributed by atoms with Gasteiger partial charge in [-0.3, -0.25) is 14.5 Å². The Balaban J connectivity index is 1.65. The van der Waals surface area contributed by atoms with E-state index < -0.39 is 5.82 Å². The molecule has 0 saturated carbocycles. The number of hydrogen-bond acceptors (Lipinski definition) is 3. The summed E-state index contributed by atoms with van der Waals surface area (Å²) in [6, 6.07) is 6.42. The molecule has 2 saturated heterocycles. The summed E-state index contributed by atoms with van der Waals surface area (Å²) in [4.78, 5) is 25.7. The Hall–Kier alpha value is -1.95. The monoisotopic (exact) mass is 291 g/mol. The van der Waals surface area contributed by atoms with Gasteiger partial charge >= 0.3 is 0 Å². The predicted molar refractivity (Wildman–Crippen MR) is 76.2 cm³/mol. The summed E-state index contributed by atoms with van der Waals surface area (Å²) in [7, 11) is 0. The summed E-state index contributed by atoms with van der Waals surface area (Å²) in [6.07, 6.45) is 2.35. The van der Waals surface area contributed by atoms with Crippen molar-refractivity contribution in [2.45, 2.75) is 31.3 Å². The van der Waals surface area contributed by atoms with Gasteiger partial charge in [0.1, 0.15) is 5.82 Å². The summed E-state index contributed by atoms with van der Waals surface area (Å²) in [5.74, 6) is -0.644. The van der Waals surface area contributed by atoms with Gasteiger partial charge in [0, 0.05) is 25.0 Å². The van der Waals surface area contributed by atoms with Crippen LogP contribution in [0.3, 0.4) is 0 Å². The van der Waals surface area contributed by atoms with Crippen molar-refractivity contribution in [2.75, 3.05) is 18.4 Å². The maximum atomic E-state index is 13.5. The molecular formula is C15H18FN3O2. The Morgan fingerprint density at radius 2 is 2.10 bits per heavy atom. The number of hydrogen-bond donors (Lipinski definition) is 2. The molecule has 112 valence electrons. The van der Waals surface area contributed by atoms with Crippen LogP contribution in [0.25, 0.3) is 0 Å². The lowest BCUT2D eigenvalue weighted by Crippen LogP contribution is -2.42. The van der Waals surface area contributed by atoms with Crippen LogP contribution in [0.2, 0.25) is 0 Å². The molecule has 0 aliphatic carbocycles. The number of rotatable bonds is 3. The molecule has 2 atom stereocenters. The van der Waals surface area contributed by atoms with E-state index in [9.17, 15) is 14.0 Å². The van der Waals surface area contributed by atoms with Gasteiger partial charge in [-0.15, -0.1) is 0 Å². The predicted octanol–water partition coefficient (Wildman–Crippen LogP) is 1.12. The molecule has 3 rings (SSSR count). The quantitative estimate of drug-likeness (QED) is 0.877. The number of fused-ring (bicyclic) bond motifs is 2. The number of para-hydroxylation sites is 1. The molecule has 2 fully saturated rings. The average Bonchev–Trinajstić information content (AvgIpc) is 2.72. The van der Waals surface area contributed by atoms with Gasteiger partial charge in [0.25, 0.3) is 0 Å². The summed E-state index contributed by atoms with van der Waals surface area (Å²) < 4.78 is 13.5. The second kappa shape index (κ2) is 5.81. The smallest absolute Gasteiger partial charge is 0.238 e. The lowest BCUT2D eigenvalue weighted by molar-refractivity contribution is -0.122. The molecule has 2 aliphatic heterocycles. The van der Waals surface area contributed by atoms with E-state index in [2.05, 4.69) is 15.5 Å². The zero-order chi connectivity index (χ0) is 14.8. The minimum Gasteiger partial charge on any atom is -0.354 e. The highest BCUT2D eigenvalue weighted by atomic mass is 19.1. The van der Waals surface area contributed by atoms with Crippen LogP contribution in [0.4, 0.5) is 10.1 Å². The van der Waals surface area contributed by atoms with Gasteiger partial charge in [0.05, 0.1) is 12.2 Å². The van der Waals surface area contributed by atoms with Gasteiger partial charge in [-0.05, 0) is 25.0 Å². The third kappa shape index (κ3) is 3.05. The van der Waals surface area contributed by atoms with Gasteiger partial charge in [-0.25, -0.2) is 4.39 Å². The van der Waals surface area contributed by atoms with Gasteiger partial charge in [0.2, 0.25) is 11.8 Å². The molecule has 2 heterocycles. The maximum absolute atomic E-state index is 13.5. The third-order valence-electron chi connectivity index (χ3n) is 4.20. The zero-order valence-corrected chi connectivity index (χ0v) is 11.6. The number of anilines is 1. The van der Waals surface area contributed by atoms with Crippen LogP contribution >= 0.6 is 0 Å². The first-order valence-corrected chi connectivity index (χ1v) is 7.20. The van der Waals surface area contributed by atoms with Crippen molar-refractivity contribution in [3.63, 3.8) is 0 Å². The fourth-order valence-electron chi connectivity index (χ4n) is 3.15. The molecular weight excluding hydrogens is 273 g/mol. The molecule has 21 heavy (non-hydrogen) atoms. The number of nitrogens with zero attached hydrogens (tertiary/aromatic N) is 1. The van der Waals surface area contributed by atoms with E-state index in [1.54, 1.807) is 12.1 Å². The molecule has 6 heteroatoms. The first-order chi connectivity index (χ1) is 10.1. The summed E-state index contributed by atoms with van der Waals surface area (Å²) in [6.45, 7) is 0.779. The highest BCUT2D eigenvalue weighted by molar-refractivity contribution is 5.92. The van der Waals surface area contributed by atoms with Crippen molar-refractivity contribution < 1.29 is 14.0 Å². The Bertz CT molecular complexity index is 564. The van der Waals surface area contributed by atoms with Crippen LogP contribution in [0, 0.1) is 5.82 Å². The van der Waals surface area contributed by atoms with E-state index >= 15 is 0 Å². The van der Waals surface area contributed by atoms with E-state index in [1.165, 1.54) is 12.1 Å². The molecule has 0 radical (unpaired) electrons. The van der Waals surface area contributed by atoms with Crippen LogP contribution in [0.15, 0.2) is 24.3 Å². The van der Waals surface area contributed by atoms with E-state index in [-0.39, 0.29) is 36.1 Å². The van der Waals surface area contributed by atoms with Crippen molar-refractivity contribution >= 4 is 17.5 Å². The largest absolute Gasteiger partial charge is 0.354 e. The van der Waals surface area contributed by atoms with Gasteiger partial charge in [0.15, 0.2) is 0 Å². The van der Waals surface area contributed by atoms with Crippen LogP contribution in [-0.2, 0) is 9.59 Å². The fraction of sp³-hybridized carbons (Fsp3) is 0.467. The number of carbonyl (C=O) groups excluding carboxylic acids is 2. The highest BCUT2D eigenvalue weighted by Crippen LogP contribution is 2.28. The van der Waals surface area contributed by atoms with E-state index in [1.807, 2.05) is 0 Å². The molecule has 2 bridgehead atoms. The molecule has 0 spiro atoms. The van der Waals surface area contributed by atoms with Crippen LogP contribution in [0.1, 0.15) is 19.3 Å². The van der Waals surface area contributed by atoms with Crippen LogP contribution in [-0.4, -0.2) is 41.9 Å². The SMILES string of the molecule is O=C1CC2CCC(CN1)N2CC(=O)Nc1ccccc1F. The zero-order valence-electron chi connectivity index (χ0n) is 11.6. The van der Waals surface area contributed by atoms with Gasteiger partial charge in [-0.2, -0.15) is 0 Å². The first-order valence-electron chi connectivity index (χ1n) is 7.20. The molecule has 1 aromatic carbocycles. The Labute approximate surface area is 122 Å². The number of carbonyl (C=O) groups is 2. The lowest BCUT2D eigenvalue weighted by atomic mass is 10.1. The number of halogens is 1. The summed E-state index contributed by atoms with van der Waals surface area (Å²) >= 11 is 0. The normalized spacial score (nSPS) is 25.3. The topological polar surface area (TPSA) is 61.4 Å². The summed E-state index contributed by atoms with van der Waals surface area (Å²) in [5, 5.41) is 5.46. The molecule has 2 amide bonds. The molecule has 2 unspecified atom stereocenters. The third-order valence-corrected chi connectivity index (χ3v) is 4.20. The maximum Gasteiger partial charge on any atom is 0.238 e. The molecule has 0 aromatic heterocycles. The molecule has 1 aromatic rings. The number of nitrogens with one attached hydrogen (secondary N) is 2. The standard InChI is InChI=1S/C15H18FN3O2/c16-12-3-1-2-4-13(12)18-15(21)9-19-10-5-6-11(19)8-17-14(20)7-10/h1-4,10-11H,5-9H2,(H,17,20)(H,18,21). The lowest BCUT2D eigenvalue weighted by Gasteiger charge is -2.26. The van der Waals surface area contributed by atoms with Crippen molar-refractivity contribution in [1.29, 1.82) is 0 Å². The minimum atomic E-state index is -0.443. The van der Waals surface area contributed by atoms with Crippen molar-refractivity contribution in [1.82, 2.24) is 10.2 Å². The average molecular weight is 291 g/mol. The van der Waals surface area contributed by atoms with Crippen molar-refractivity contribution in [3.05, 3.63) is 30.1 Å². The van der Waals surface area contributed by atoms with Crippen LogP contribution < -0.4 is 10.6 Å². The van der Waals surface area contributed by atoms with E-state index in [0.717, 1.165) is 12.8 Å².